The molecule has 5 heteroatoms. The third-order valence-corrected chi connectivity index (χ3v) is 6.55. The third kappa shape index (κ3) is 3.03. The maximum atomic E-state index is 5.14. The van der Waals surface area contributed by atoms with Crippen LogP contribution in [0.4, 0.5) is 5.13 Å². The summed E-state index contributed by atoms with van der Waals surface area (Å²) in [5.41, 5.74) is 4.67. The highest BCUT2D eigenvalue weighted by molar-refractivity contribution is 7.19. The molecule has 1 aliphatic rings. The molecule has 5 rings (SSSR count). The molecule has 136 valence electrons. The van der Waals surface area contributed by atoms with Gasteiger partial charge >= 0.3 is 0 Å². The number of likely N-dealkylation sites (N-methyl/N-ethyl adjacent to an activating group) is 1. The van der Waals surface area contributed by atoms with Gasteiger partial charge in [-0.1, -0.05) is 59.9 Å². The Morgan fingerprint density at radius 2 is 1.74 bits per heavy atom. The number of quaternary nitrogens is 1. The summed E-state index contributed by atoms with van der Waals surface area (Å²) >= 11 is 1.82. The lowest BCUT2D eigenvalue weighted by Gasteiger charge is -2.29. The predicted molar refractivity (Wildman–Crippen MR) is 114 cm³/mol. The minimum atomic E-state index is 1.07. The van der Waals surface area contributed by atoms with Gasteiger partial charge in [0.25, 0.3) is 0 Å². The van der Waals surface area contributed by atoms with Crippen molar-refractivity contribution in [2.75, 3.05) is 38.1 Å². The fraction of sp³-hybridized carbons (Fsp3) is 0.227. The summed E-state index contributed by atoms with van der Waals surface area (Å²) in [6.07, 6.45) is 2.10. The van der Waals surface area contributed by atoms with E-state index < -0.39 is 0 Å². The van der Waals surface area contributed by atoms with Gasteiger partial charge in [0.15, 0.2) is 5.13 Å². The first kappa shape index (κ1) is 16.5. The maximum Gasteiger partial charge on any atom is 0.186 e. The Kier molecular flexibility index (Phi) is 4.19. The maximum absolute atomic E-state index is 5.14. The molecule has 0 bridgehead atoms. The van der Waals surface area contributed by atoms with Gasteiger partial charge in [0.05, 0.1) is 43.8 Å². The van der Waals surface area contributed by atoms with Crippen molar-refractivity contribution in [3.8, 4) is 21.7 Å². The Morgan fingerprint density at radius 3 is 2.56 bits per heavy atom. The average Bonchev–Trinajstić information content (AvgIpc) is 3.33. The van der Waals surface area contributed by atoms with E-state index in [1.807, 2.05) is 11.3 Å². The van der Waals surface area contributed by atoms with Crippen molar-refractivity contribution in [2.45, 2.75) is 0 Å². The first-order chi connectivity index (χ1) is 13.3. The topological polar surface area (TPSA) is 36.4 Å². The summed E-state index contributed by atoms with van der Waals surface area (Å²) in [5, 5.41) is 2.37. The van der Waals surface area contributed by atoms with Crippen LogP contribution < -0.4 is 9.80 Å². The van der Waals surface area contributed by atoms with E-state index in [1.165, 1.54) is 34.5 Å². The fourth-order valence-corrected chi connectivity index (χ4v) is 4.90. The van der Waals surface area contributed by atoms with Crippen molar-refractivity contribution in [3.05, 3.63) is 60.8 Å². The van der Waals surface area contributed by atoms with Gasteiger partial charge in [0.2, 0.25) is 0 Å². The zero-order chi connectivity index (χ0) is 18.2. The molecule has 3 heterocycles. The van der Waals surface area contributed by atoms with Gasteiger partial charge < -0.3 is 14.8 Å². The van der Waals surface area contributed by atoms with E-state index in [4.69, 9.17) is 4.98 Å². The van der Waals surface area contributed by atoms with Crippen molar-refractivity contribution < 1.29 is 4.90 Å². The van der Waals surface area contributed by atoms with Crippen molar-refractivity contribution in [1.29, 1.82) is 0 Å². The third-order valence-electron chi connectivity index (χ3n) is 5.38. The predicted octanol–water partition coefficient (Wildman–Crippen LogP) is 3.29. The number of nitrogens with zero attached hydrogens (tertiary/aromatic N) is 2. The summed E-state index contributed by atoms with van der Waals surface area (Å²) in [6, 6.07) is 19.1. The number of hydrogen-bond acceptors (Lipinski definition) is 3. The molecule has 0 radical (unpaired) electrons. The summed E-state index contributed by atoms with van der Waals surface area (Å²) < 4.78 is 0. The van der Waals surface area contributed by atoms with Crippen LogP contribution >= 0.6 is 11.3 Å². The second kappa shape index (κ2) is 6.83. The molecule has 1 fully saturated rings. The van der Waals surface area contributed by atoms with Gasteiger partial charge in [-0.05, 0) is 11.6 Å². The lowest BCUT2D eigenvalue weighted by Crippen LogP contribution is -3.12. The van der Waals surface area contributed by atoms with Crippen LogP contribution in [-0.2, 0) is 0 Å². The molecule has 0 unspecified atom stereocenters. The number of thiazole rings is 1. The molecular weight excluding hydrogens is 352 g/mol. The molecule has 27 heavy (non-hydrogen) atoms. The number of piperazine rings is 1. The Labute approximate surface area is 163 Å². The lowest BCUT2D eigenvalue weighted by atomic mass is 10.1. The minimum absolute atomic E-state index is 1.07. The first-order valence-electron chi connectivity index (χ1n) is 9.48. The number of aromatic nitrogens is 2. The Bertz CT molecular complexity index is 1060. The van der Waals surface area contributed by atoms with E-state index in [1.54, 1.807) is 4.90 Å². The number of rotatable bonds is 3. The Balaban J connectivity index is 1.65. The Hall–Kier alpha value is -2.63. The largest absolute Gasteiger partial charge is 0.360 e. The Morgan fingerprint density at radius 1 is 1.00 bits per heavy atom. The number of fused-ring (bicyclic) bond motifs is 1. The van der Waals surface area contributed by atoms with Crippen LogP contribution in [0.15, 0.2) is 60.8 Å². The van der Waals surface area contributed by atoms with Crippen LogP contribution in [-0.4, -0.2) is 43.2 Å². The highest BCUT2D eigenvalue weighted by Crippen LogP contribution is 2.42. The van der Waals surface area contributed by atoms with Crippen LogP contribution in [0.2, 0.25) is 0 Å². The highest BCUT2D eigenvalue weighted by Gasteiger charge is 2.24. The van der Waals surface area contributed by atoms with Gasteiger partial charge in [-0.2, -0.15) is 0 Å². The van der Waals surface area contributed by atoms with Crippen LogP contribution in [0.1, 0.15) is 0 Å². The van der Waals surface area contributed by atoms with E-state index in [0.29, 0.717) is 0 Å². The van der Waals surface area contributed by atoms with E-state index in [-0.39, 0.29) is 0 Å². The average molecular weight is 376 g/mol. The van der Waals surface area contributed by atoms with Crippen LogP contribution in [0.25, 0.3) is 32.6 Å². The van der Waals surface area contributed by atoms with Crippen molar-refractivity contribution in [2.24, 2.45) is 0 Å². The number of nitrogens with one attached hydrogen (secondary N) is 2. The second-order valence-electron chi connectivity index (χ2n) is 7.23. The SMILES string of the molecule is C[NH+]1CCN(c2nc(-c3c[nH]c4ccccc34)c(-c3ccccc3)s2)CC1. The summed E-state index contributed by atoms with van der Waals surface area (Å²) in [4.78, 5) is 13.8. The van der Waals surface area contributed by atoms with Gasteiger partial charge in [0, 0.05) is 22.7 Å². The van der Waals surface area contributed by atoms with Crippen molar-refractivity contribution in [1.82, 2.24) is 9.97 Å². The molecule has 0 spiro atoms. The van der Waals surface area contributed by atoms with Crippen molar-refractivity contribution in [3.63, 3.8) is 0 Å². The van der Waals surface area contributed by atoms with Gasteiger partial charge in [-0.25, -0.2) is 4.98 Å². The summed E-state index contributed by atoms with van der Waals surface area (Å²) in [6.45, 7) is 4.48. The summed E-state index contributed by atoms with van der Waals surface area (Å²) in [7, 11) is 2.27. The smallest absolute Gasteiger partial charge is 0.186 e. The molecule has 0 amide bonds. The molecule has 1 aliphatic heterocycles. The molecule has 0 saturated carbocycles. The quantitative estimate of drug-likeness (QED) is 0.576. The number of anilines is 1. The number of H-pyrrole nitrogens is 1. The number of hydrogen-bond donors (Lipinski definition) is 2. The molecule has 2 aromatic heterocycles. The molecule has 2 aromatic carbocycles. The lowest BCUT2D eigenvalue weighted by molar-refractivity contribution is -0.880. The van der Waals surface area contributed by atoms with Crippen LogP contribution in [0.3, 0.4) is 0 Å². The molecule has 2 N–H and O–H groups in total. The molecule has 0 atom stereocenters. The standard InChI is InChI=1S/C22H22N4S/c1-25-11-13-26(14-12-25)22-24-20(21(27-22)16-7-3-2-4-8-16)18-15-23-19-10-6-5-9-17(18)19/h2-10,15,23H,11-14H2,1H3/p+1. The fourth-order valence-electron chi connectivity index (χ4n) is 3.76. The molecule has 0 aliphatic carbocycles. The number of benzene rings is 2. The van der Waals surface area contributed by atoms with Crippen LogP contribution in [0, 0.1) is 0 Å². The highest BCUT2D eigenvalue weighted by atomic mass is 32.1. The summed E-state index contributed by atoms with van der Waals surface area (Å²) in [5.74, 6) is 0. The van der Waals surface area contributed by atoms with E-state index in [9.17, 15) is 0 Å². The van der Waals surface area contributed by atoms with Crippen LogP contribution in [0.5, 0.6) is 0 Å². The molecular formula is C22H23N4S+. The molecule has 4 aromatic rings. The van der Waals surface area contributed by atoms with E-state index in [2.05, 4.69) is 77.7 Å². The van der Waals surface area contributed by atoms with Crippen molar-refractivity contribution >= 4 is 27.4 Å². The van der Waals surface area contributed by atoms with Gasteiger partial charge in [-0.15, -0.1) is 0 Å². The van der Waals surface area contributed by atoms with E-state index in [0.717, 1.165) is 29.4 Å². The minimum Gasteiger partial charge on any atom is -0.360 e. The first-order valence-corrected chi connectivity index (χ1v) is 10.3. The number of para-hydroxylation sites is 1. The normalized spacial score (nSPS) is 15.5. The zero-order valence-corrected chi connectivity index (χ0v) is 16.2. The van der Waals surface area contributed by atoms with Gasteiger partial charge in [0.1, 0.15) is 0 Å². The zero-order valence-electron chi connectivity index (χ0n) is 15.4. The molecule has 1 saturated heterocycles. The van der Waals surface area contributed by atoms with E-state index >= 15 is 0 Å². The van der Waals surface area contributed by atoms with Gasteiger partial charge in [-0.3, -0.25) is 0 Å². The molecule has 4 nitrogen and oxygen atoms in total. The number of aromatic amines is 1. The second-order valence-corrected chi connectivity index (χ2v) is 8.21. The monoisotopic (exact) mass is 375 g/mol.